The van der Waals surface area contributed by atoms with Crippen molar-refractivity contribution in [1.29, 1.82) is 0 Å². The number of hydrogen-bond donors (Lipinski definition) is 1. The number of thiocarbonyl (C=S) groups is 1. The largest absolute Gasteiger partial charge is 0.482 e. The zero-order chi connectivity index (χ0) is 9.07. The maximum atomic E-state index is 5.37. The fourth-order valence-corrected chi connectivity index (χ4v) is 0.758. The second kappa shape index (κ2) is 4.02. The fourth-order valence-electron chi connectivity index (χ4n) is 0.463. The summed E-state index contributed by atoms with van der Waals surface area (Å²) in [5, 5.41) is 3.70. The second-order valence-corrected chi connectivity index (χ2v) is 3.70. The van der Waals surface area contributed by atoms with Crippen LogP contribution in [0.3, 0.4) is 0 Å². The monoisotopic (exact) mass is 175 g/mol. The van der Waals surface area contributed by atoms with E-state index in [-0.39, 0.29) is 11.6 Å². The Morgan fingerprint density at radius 2 is 1.91 bits per heavy atom. The molecule has 0 radical (unpaired) electrons. The molecule has 0 aromatic heterocycles. The highest BCUT2D eigenvalue weighted by Gasteiger charge is 2.23. The molecule has 3 heteroatoms. The Kier molecular flexibility index (Phi) is 3.97. The topological polar surface area (TPSA) is 21.3 Å². The summed E-state index contributed by atoms with van der Waals surface area (Å²) in [5.74, 6) is 0. The molecular formula is C8H17NOS. The summed E-state index contributed by atoms with van der Waals surface area (Å²) >= 11 is 5.08. The van der Waals surface area contributed by atoms with Crippen LogP contribution in [0.15, 0.2) is 0 Å². The summed E-state index contributed by atoms with van der Waals surface area (Å²) in [5.41, 5.74) is -0.209. The van der Waals surface area contributed by atoms with Gasteiger partial charge in [0.15, 0.2) is 5.05 Å². The number of likely N-dealkylation sites (N-methyl/N-ethyl adjacent to an activating group) is 1. The van der Waals surface area contributed by atoms with Crippen molar-refractivity contribution in [2.24, 2.45) is 0 Å². The van der Waals surface area contributed by atoms with Crippen molar-refractivity contribution in [3.05, 3.63) is 0 Å². The molecule has 0 aliphatic carbocycles. The molecule has 0 saturated carbocycles. The maximum Gasteiger partial charge on any atom is 0.179 e. The maximum absolute atomic E-state index is 5.37. The molecule has 0 amide bonds. The molecule has 66 valence electrons. The number of ether oxygens (including phenoxy) is 1. The van der Waals surface area contributed by atoms with E-state index in [2.05, 4.69) is 5.32 Å². The summed E-state index contributed by atoms with van der Waals surface area (Å²) in [6.07, 6.45) is 0.162. The summed E-state index contributed by atoms with van der Waals surface area (Å²) in [7, 11) is 1.87. The van der Waals surface area contributed by atoms with Crippen molar-refractivity contribution in [2.45, 2.75) is 39.3 Å². The van der Waals surface area contributed by atoms with Crippen LogP contribution in [0.1, 0.15) is 27.7 Å². The molecule has 0 saturated heterocycles. The van der Waals surface area contributed by atoms with E-state index in [1.165, 1.54) is 0 Å². The van der Waals surface area contributed by atoms with Crippen LogP contribution in [-0.2, 0) is 4.74 Å². The van der Waals surface area contributed by atoms with Gasteiger partial charge in [0.1, 0.15) is 0 Å². The third-order valence-corrected chi connectivity index (χ3v) is 2.08. The Morgan fingerprint density at radius 3 is 2.18 bits per heavy atom. The van der Waals surface area contributed by atoms with Crippen LogP contribution in [0.2, 0.25) is 0 Å². The van der Waals surface area contributed by atoms with Gasteiger partial charge in [-0.05, 0) is 47.0 Å². The first-order valence-corrected chi connectivity index (χ1v) is 4.21. The molecule has 0 aliphatic heterocycles. The van der Waals surface area contributed by atoms with Crippen LogP contribution in [0.25, 0.3) is 0 Å². The third kappa shape index (κ3) is 3.68. The zero-order valence-electron chi connectivity index (χ0n) is 7.89. The predicted octanol–water partition coefficient (Wildman–Crippen LogP) is 1.74. The number of nitrogens with one attached hydrogen (secondary N) is 1. The minimum Gasteiger partial charge on any atom is -0.482 e. The summed E-state index contributed by atoms with van der Waals surface area (Å²) in [6.45, 7) is 7.94. The summed E-state index contributed by atoms with van der Waals surface area (Å²) < 4.78 is 5.37. The standard InChI is InChI=1S/C8H17NOS/c1-6(2)10-7(11)8(3,4)9-5/h6,9H,1-5H3. The second-order valence-electron chi connectivity index (χ2n) is 3.33. The molecule has 0 aromatic carbocycles. The van der Waals surface area contributed by atoms with Crippen LogP contribution in [-0.4, -0.2) is 23.7 Å². The van der Waals surface area contributed by atoms with E-state index in [0.717, 1.165) is 0 Å². The zero-order valence-corrected chi connectivity index (χ0v) is 8.71. The Bertz CT molecular complexity index is 143. The summed E-state index contributed by atoms with van der Waals surface area (Å²) in [6, 6.07) is 0. The van der Waals surface area contributed by atoms with E-state index < -0.39 is 0 Å². The quantitative estimate of drug-likeness (QED) is 0.660. The normalized spacial score (nSPS) is 11.8. The van der Waals surface area contributed by atoms with E-state index in [1.807, 2.05) is 34.7 Å². The number of hydrogen-bond acceptors (Lipinski definition) is 3. The van der Waals surface area contributed by atoms with Crippen LogP contribution in [0.5, 0.6) is 0 Å². The van der Waals surface area contributed by atoms with Crippen molar-refractivity contribution >= 4 is 17.3 Å². The van der Waals surface area contributed by atoms with E-state index >= 15 is 0 Å². The SMILES string of the molecule is CNC(C)(C)C(=S)OC(C)C. The van der Waals surface area contributed by atoms with Gasteiger partial charge < -0.3 is 10.1 Å². The molecule has 0 aromatic rings. The van der Waals surface area contributed by atoms with Crippen molar-refractivity contribution in [2.75, 3.05) is 7.05 Å². The lowest BCUT2D eigenvalue weighted by Gasteiger charge is -2.26. The van der Waals surface area contributed by atoms with Crippen LogP contribution < -0.4 is 5.32 Å². The van der Waals surface area contributed by atoms with Crippen LogP contribution >= 0.6 is 12.2 Å². The van der Waals surface area contributed by atoms with Crippen molar-refractivity contribution in [1.82, 2.24) is 5.32 Å². The van der Waals surface area contributed by atoms with Crippen LogP contribution in [0, 0.1) is 0 Å². The van der Waals surface area contributed by atoms with Gasteiger partial charge in [-0.1, -0.05) is 0 Å². The minimum absolute atomic E-state index is 0.162. The Labute approximate surface area is 74.3 Å². The lowest BCUT2D eigenvalue weighted by atomic mass is 10.1. The molecule has 1 N–H and O–H groups in total. The van der Waals surface area contributed by atoms with Gasteiger partial charge in [-0.25, -0.2) is 0 Å². The predicted molar refractivity (Wildman–Crippen MR) is 52.0 cm³/mol. The van der Waals surface area contributed by atoms with E-state index in [1.54, 1.807) is 0 Å². The molecule has 11 heavy (non-hydrogen) atoms. The summed E-state index contributed by atoms with van der Waals surface area (Å²) in [4.78, 5) is 0. The van der Waals surface area contributed by atoms with E-state index in [9.17, 15) is 0 Å². The third-order valence-electron chi connectivity index (χ3n) is 1.48. The van der Waals surface area contributed by atoms with Crippen LogP contribution in [0.4, 0.5) is 0 Å². The Balaban J connectivity index is 4.02. The van der Waals surface area contributed by atoms with Gasteiger partial charge >= 0.3 is 0 Å². The highest BCUT2D eigenvalue weighted by molar-refractivity contribution is 7.80. The van der Waals surface area contributed by atoms with Gasteiger partial charge in [-0.15, -0.1) is 0 Å². The van der Waals surface area contributed by atoms with Gasteiger partial charge in [0.25, 0.3) is 0 Å². The fraction of sp³-hybridized carbons (Fsp3) is 0.875. The van der Waals surface area contributed by atoms with Crippen molar-refractivity contribution in [3.8, 4) is 0 Å². The molecule has 0 bridgehead atoms. The average molecular weight is 175 g/mol. The molecule has 0 spiro atoms. The highest BCUT2D eigenvalue weighted by Crippen LogP contribution is 2.07. The van der Waals surface area contributed by atoms with Crippen molar-refractivity contribution in [3.63, 3.8) is 0 Å². The van der Waals surface area contributed by atoms with Gasteiger partial charge in [0, 0.05) is 0 Å². The van der Waals surface area contributed by atoms with E-state index in [4.69, 9.17) is 17.0 Å². The first kappa shape index (κ1) is 10.8. The average Bonchev–Trinajstić information content (AvgIpc) is 1.86. The smallest absolute Gasteiger partial charge is 0.179 e. The van der Waals surface area contributed by atoms with Crippen molar-refractivity contribution < 1.29 is 4.74 Å². The lowest BCUT2D eigenvalue weighted by molar-refractivity contribution is 0.212. The van der Waals surface area contributed by atoms with Gasteiger partial charge in [0.05, 0.1) is 11.6 Å². The first-order valence-electron chi connectivity index (χ1n) is 3.80. The Morgan fingerprint density at radius 1 is 1.45 bits per heavy atom. The Hall–Kier alpha value is -0.150. The molecule has 0 rings (SSSR count). The molecule has 0 aliphatic rings. The van der Waals surface area contributed by atoms with Gasteiger partial charge in [-0.2, -0.15) is 0 Å². The lowest BCUT2D eigenvalue weighted by Crippen LogP contribution is -2.45. The number of rotatable bonds is 3. The minimum atomic E-state index is -0.209. The molecule has 0 atom stereocenters. The van der Waals surface area contributed by atoms with Gasteiger partial charge in [0.2, 0.25) is 0 Å². The molecule has 0 heterocycles. The van der Waals surface area contributed by atoms with E-state index in [0.29, 0.717) is 5.05 Å². The first-order chi connectivity index (χ1) is 4.90. The molecule has 0 fully saturated rings. The molecule has 0 unspecified atom stereocenters. The molecular weight excluding hydrogens is 158 g/mol. The molecule has 2 nitrogen and oxygen atoms in total. The highest BCUT2D eigenvalue weighted by atomic mass is 32.1. The van der Waals surface area contributed by atoms with Gasteiger partial charge in [-0.3, -0.25) is 0 Å².